The SMILES string of the molecule is CC(C)CCC[C@@H](C)[C@H]1CC[C@H]2[C@@H]3CC=C4C[C@@H](O)CC[C@]4(C)[C@H]3CC[C@]12C.CC[Si](C)(C)O[Si](C)(C)CC. The van der Waals surface area contributed by atoms with Gasteiger partial charge in [-0.3, -0.25) is 0 Å². The van der Waals surface area contributed by atoms with E-state index in [0.717, 1.165) is 48.3 Å². The molecule has 228 valence electrons. The maximum atomic E-state index is 10.2. The van der Waals surface area contributed by atoms with Gasteiger partial charge in [0.15, 0.2) is 16.6 Å². The fourth-order valence-electron chi connectivity index (χ4n) is 9.56. The van der Waals surface area contributed by atoms with Crippen LogP contribution in [-0.4, -0.2) is 27.8 Å². The molecule has 0 amide bonds. The molecule has 0 bridgehead atoms. The summed E-state index contributed by atoms with van der Waals surface area (Å²) in [6.07, 6.45) is 17.2. The molecule has 4 aliphatic rings. The van der Waals surface area contributed by atoms with E-state index in [1.54, 1.807) is 5.57 Å². The van der Waals surface area contributed by atoms with Crippen molar-refractivity contribution < 1.29 is 9.22 Å². The molecule has 3 fully saturated rings. The van der Waals surface area contributed by atoms with E-state index in [-0.39, 0.29) is 6.10 Å². The molecule has 4 heteroatoms. The smallest absolute Gasteiger partial charge is 0.173 e. The van der Waals surface area contributed by atoms with Gasteiger partial charge in [0.25, 0.3) is 0 Å². The zero-order valence-electron chi connectivity index (χ0n) is 28.2. The van der Waals surface area contributed by atoms with Crippen LogP contribution in [0.5, 0.6) is 0 Å². The van der Waals surface area contributed by atoms with Gasteiger partial charge in [-0.05, 0) is 136 Å². The van der Waals surface area contributed by atoms with E-state index in [1.807, 2.05) is 0 Å². The largest absolute Gasteiger partial charge is 0.456 e. The van der Waals surface area contributed by atoms with Crippen molar-refractivity contribution in [2.24, 2.45) is 46.3 Å². The van der Waals surface area contributed by atoms with Crippen LogP contribution in [0, 0.1) is 46.3 Å². The highest BCUT2D eigenvalue weighted by molar-refractivity contribution is 6.84. The van der Waals surface area contributed by atoms with Crippen LogP contribution < -0.4 is 0 Å². The second-order valence-electron chi connectivity index (χ2n) is 16.5. The second-order valence-corrected chi connectivity index (χ2v) is 25.8. The Hall–Kier alpha value is 0.0938. The van der Waals surface area contributed by atoms with Crippen molar-refractivity contribution in [2.75, 3.05) is 0 Å². The molecule has 3 saturated carbocycles. The van der Waals surface area contributed by atoms with Gasteiger partial charge in [-0.1, -0.05) is 79.4 Å². The second kappa shape index (κ2) is 13.2. The van der Waals surface area contributed by atoms with Gasteiger partial charge in [-0.2, -0.15) is 0 Å². The zero-order chi connectivity index (χ0) is 29.2. The number of aliphatic hydroxyl groups excluding tert-OH is 1. The van der Waals surface area contributed by atoms with E-state index >= 15 is 0 Å². The van der Waals surface area contributed by atoms with E-state index < -0.39 is 16.6 Å². The van der Waals surface area contributed by atoms with Crippen molar-refractivity contribution in [3.05, 3.63) is 11.6 Å². The van der Waals surface area contributed by atoms with E-state index in [4.69, 9.17) is 4.12 Å². The van der Waals surface area contributed by atoms with E-state index in [0.29, 0.717) is 10.8 Å². The van der Waals surface area contributed by atoms with Crippen LogP contribution in [-0.2, 0) is 4.12 Å². The van der Waals surface area contributed by atoms with Crippen LogP contribution in [0.4, 0.5) is 0 Å². The molecule has 4 rings (SSSR count). The summed E-state index contributed by atoms with van der Waals surface area (Å²) in [4.78, 5) is 0. The van der Waals surface area contributed by atoms with Crippen LogP contribution in [0.2, 0.25) is 38.3 Å². The average molecular weight is 577 g/mol. The summed E-state index contributed by atoms with van der Waals surface area (Å²) in [5.41, 5.74) is 2.60. The van der Waals surface area contributed by atoms with Gasteiger partial charge in [-0.15, -0.1) is 0 Å². The number of hydrogen-bond donors (Lipinski definition) is 1. The van der Waals surface area contributed by atoms with Gasteiger partial charge in [0, 0.05) is 0 Å². The lowest BCUT2D eigenvalue weighted by Gasteiger charge is -2.58. The van der Waals surface area contributed by atoms with Gasteiger partial charge < -0.3 is 9.22 Å². The first-order valence-corrected chi connectivity index (χ1v) is 23.4. The third kappa shape index (κ3) is 7.74. The molecule has 39 heavy (non-hydrogen) atoms. The molecule has 0 aromatic heterocycles. The molecule has 0 saturated heterocycles. The highest BCUT2D eigenvalue weighted by Crippen LogP contribution is 2.67. The summed E-state index contributed by atoms with van der Waals surface area (Å²) < 4.78 is 6.20. The summed E-state index contributed by atoms with van der Waals surface area (Å²) >= 11 is 0. The first kappa shape index (κ1) is 33.6. The maximum Gasteiger partial charge on any atom is 0.173 e. The zero-order valence-corrected chi connectivity index (χ0v) is 30.2. The number of allylic oxidation sites excluding steroid dienone is 1. The Morgan fingerprint density at radius 1 is 0.897 bits per heavy atom. The third-order valence-corrected chi connectivity index (χ3v) is 20.4. The number of hydrogen-bond acceptors (Lipinski definition) is 2. The maximum absolute atomic E-state index is 10.2. The average Bonchev–Trinajstić information content (AvgIpc) is 3.21. The summed E-state index contributed by atoms with van der Waals surface area (Å²) in [5.74, 6) is 5.46. The molecular weight excluding hydrogens is 509 g/mol. The normalized spacial score (nSPS) is 37.3. The highest BCUT2D eigenvalue weighted by atomic mass is 28.4. The molecule has 0 aliphatic heterocycles. The van der Waals surface area contributed by atoms with Crippen LogP contribution >= 0.6 is 0 Å². The van der Waals surface area contributed by atoms with E-state index in [2.05, 4.69) is 80.7 Å². The van der Waals surface area contributed by atoms with Gasteiger partial charge in [0.05, 0.1) is 6.10 Å². The highest BCUT2D eigenvalue weighted by Gasteiger charge is 2.59. The molecular formula is C35H68O2Si2. The molecule has 0 aromatic carbocycles. The van der Waals surface area contributed by atoms with Gasteiger partial charge in [-0.25, -0.2) is 0 Å². The molecule has 0 heterocycles. The van der Waals surface area contributed by atoms with E-state index in [9.17, 15) is 5.11 Å². The van der Waals surface area contributed by atoms with Gasteiger partial charge in [0.2, 0.25) is 0 Å². The number of aliphatic hydroxyl groups is 1. The van der Waals surface area contributed by atoms with Crippen LogP contribution in [0.25, 0.3) is 0 Å². The predicted molar refractivity (Wildman–Crippen MR) is 176 cm³/mol. The van der Waals surface area contributed by atoms with E-state index in [1.165, 1.54) is 69.9 Å². The molecule has 4 aliphatic carbocycles. The monoisotopic (exact) mass is 576 g/mol. The lowest BCUT2D eigenvalue weighted by Crippen LogP contribution is -2.50. The molecule has 0 aromatic rings. The van der Waals surface area contributed by atoms with Crippen molar-refractivity contribution in [2.45, 2.75) is 163 Å². The first-order chi connectivity index (χ1) is 18.1. The summed E-state index contributed by atoms with van der Waals surface area (Å²) in [5, 5.41) is 10.2. The lowest BCUT2D eigenvalue weighted by atomic mass is 9.47. The Morgan fingerprint density at radius 3 is 2.13 bits per heavy atom. The Morgan fingerprint density at radius 2 is 1.54 bits per heavy atom. The minimum absolute atomic E-state index is 0.0766. The molecule has 2 nitrogen and oxygen atoms in total. The first-order valence-electron chi connectivity index (χ1n) is 17.2. The van der Waals surface area contributed by atoms with Crippen LogP contribution in [0.15, 0.2) is 11.6 Å². The summed E-state index contributed by atoms with van der Waals surface area (Å²) in [7, 11) is -2.54. The van der Waals surface area contributed by atoms with Crippen LogP contribution in [0.3, 0.4) is 0 Å². The molecule has 0 spiro atoms. The lowest BCUT2D eigenvalue weighted by molar-refractivity contribution is -0.0573. The third-order valence-electron chi connectivity index (χ3n) is 12.5. The van der Waals surface area contributed by atoms with Gasteiger partial charge >= 0.3 is 0 Å². The van der Waals surface area contributed by atoms with Crippen molar-refractivity contribution in [3.8, 4) is 0 Å². The van der Waals surface area contributed by atoms with Crippen molar-refractivity contribution in [3.63, 3.8) is 0 Å². The molecule has 0 unspecified atom stereocenters. The Bertz CT molecular complexity index is 805. The molecule has 0 radical (unpaired) electrons. The summed E-state index contributed by atoms with van der Waals surface area (Å²) in [6.45, 7) is 26.3. The number of rotatable bonds is 9. The van der Waals surface area contributed by atoms with Crippen LogP contribution in [0.1, 0.15) is 119 Å². The fraction of sp³-hybridized carbons (Fsp3) is 0.943. The Labute approximate surface area is 246 Å². The topological polar surface area (TPSA) is 29.5 Å². The standard InChI is InChI=1S/C27H46O.C8H22OSi2/c1-18(2)7-6-8-19(3)23-11-12-24-22-10-9-20-17-21(28)13-15-26(20,4)25(22)14-16-27(23,24)5;1-7-10(3,4)9-11(5,6)8-2/h9,18-19,21-25,28H,6-8,10-17H2,1-5H3;7-8H2,1-6H3/t19-,21+,22+,23-,24+,25+,26+,27-;/m1./s1. The van der Waals surface area contributed by atoms with Gasteiger partial charge in [0.1, 0.15) is 0 Å². The Kier molecular flexibility index (Phi) is 11.3. The Balaban J connectivity index is 0.000000325. The van der Waals surface area contributed by atoms with Crippen molar-refractivity contribution in [1.82, 2.24) is 0 Å². The minimum atomic E-state index is -1.27. The predicted octanol–water partition coefficient (Wildman–Crippen LogP) is 10.8. The quantitative estimate of drug-likeness (QED) is 0.218. The fourth-order valence-corrected chi connectivity index (χ4v) is 16.7. The van der Waals surface area contributed by atoms with Crippen molar-refractivity contribution in [1.29, 1.82) is 0 Å². The summed E-state index contributed by atoms with van der Waals surface area (Å²) in [6, 6.07) is 2.48. The molecule has 1 N–H and O–H groups in total. The molecule has 8 atom stereocenters. The number of fused-ring (bicyclic) bond motifs is 5. The minimum Gasteiger partial charge on any atom is -0.456 e. The van der Waals surface area contributed by atoms with Crippen molar-refractivity contribution >= 4 is 16.6 Å².